The van der Waals surface area contributed by atoms with Crippen molar-refractivity contribution in [3.63, 3.8) is 0 Å². The molecule has 3 rings (SSSR count). The van der Waals surface area contributed by atoms with Crippen LogP contribution in [0.25, 0.3) is 0 Å². The largest absolute Gasteiger partial charge is 0.497 e. The number of ether oxygens (including phenoxy) is 2. The summed E-state index contributed by atoms with van der Waals surface area (Å²) >= 11 is 1.35. The fourth-order valence-corrected chi connectivity index (χ4v) is 3.87. The number of carbonyl (C=O) groups excluding carboxylic acids is 2. The van der Waals surface area contributed by atoms with Crippen LogP contribution in [0.4, 0.5) is 10.8 Å². The minimum atomic E-state index is -0.592. The zero-order valence-electron chi connectivity index (χ0n) is 17.0. The van der Waals surface area contributed by atoms with Gasteiger partial charge in [0.1, 0.15) is 18.1 Å². The van der Waals surface area contributed by atoms with Gasteiger partial charge in [-0.1, -0.05) is 25.1 Å². The molecule has 0 aliphatic heterocycles. The predicted octanol–water partition coefficient (Wildman–Crippen LogP) is 4.08. The Bertz CT molecular complexity index is 1060. The second kappa shape index (κ2) is 9.41. The smallest absolute Gasteiger partial charge is 0.252 e. The highest BCUT2D eigenvalue weighted by atomic mass is 32.1. The van der Waals surface area contributed by atoms with Crippen LogP contribution in [0.2, 0.25) is 0 Å². The Morgan fingerprint density at radius 2 is 1.97 bits per heavy atom. The van der Waals surface area contributed by atoms with Crippen LogP contribution in [-0.4, -0.2) is 23.9 Å². The van der Waals surface area contributed by atoms with Gasteiger partial charge in [-0.25, -0.2) is 4.98 Å². The van der Waals surface area contributed by atoms with Crippen molar-refractivity contribution in [3.05, 3.63) is 64.7 Å². The van der Waals surface area contributed by atoms with Gasteiger partial charge in [-0.2, -0.15) is 0 Å². The summed E-state index contributed by atoms with van der Waals surface area (Å²) in [6.07, 6.45) is 0.799. The second-order valence-electron chi connectivity index (χ2n) is 6.47. The number of thiazole rings is 1. The molecular weight excluding hydrogens is 402 g/mol. The topological polar surface area (TPSA) is 94.8 Å². The summed E-state index contributed by atoms with van der Waals surface area (Å²) in [5.74, 6) is 0.149. The maximum Gasteiger partial charge on any atom is 0.252 e. The number of nitrogens with two attached hydrogens (primary N) is 1. The van der Waals surface area contributed by atoms with E-state index in [0.717, 1.165) is 17.7 Å². The SMILES string of the molecule is CCc1ccccc1N(C(C)=O)c1nc(COc2cc(OC)ccc2C(N)=O)cs1. The van der Waals surface area contributed by atoms with E-state index in [9.17, 15) is 9.59 Å². The fraction of sp³-hybridized carbons (Fsp3) is 0.227. The highest BCUT2D eigenvalue weighted by Gasteiger charge is 2.20. The maximum atomic E-state index is 12.4. The van der Waals surface area contributed by atoms with Crippen LogP contribution in [0, 0.1) is 0 Å². The first-order valence-corrected chi connectivity index (χ1v) is 10.3. The molecule has 0 fully saturated rings. The Morgan fingerprint density at radius 1 is 1.20 bits per heavy atom. The summed E-state index contributed by atoms with van der Waals surface area (Å²) in [7, 11) is 1.53. The summed E-state index contributed by atoms with van der Waals surface area (Å²) < 4.78 is 11.0. The van der Waals surface area contributed by atoms with Crippen molar-refractivity contribution in [2.75, 3.05) is 12.0 Å². The lowest BCUT2D eigenvalue weighted by molar-refractivity contribution is -0.115. The molecular formula is C22H23N3O4S. The molecule has 0 atom stereocenters. The third-order valence-electron chi connectivity index (χ3n) is 4.49. The second-order valence-corrected chi connectivity index (χ2v) is 7.31. The molecule has 2 amide bonds. The van der Waals surface area contributed by atoms with Gasteiger partial charge in [0.25, 0.3) is 5.91 Å². The van der Waals surface area contributed by atoms with E-state index in [1.807, 2.05) is 36.6 Å². The molecule has 0 aliphatic rings. The Balaban J connectivity index is 1.84. The van der Waals surface area contributed by atoms with Crippen LogP contribution in [0.3, 0.4) is 0 Å². The van der Waals surface area contributed by atoms with E-state index in [-0.39, 0.29) is 18.1 Å². The molecule has 8 heteroatoms. The molecule has 156 valence electrons. The molecule has 1 aromatic heterocycles. The maximum absolute atomic E-state index is 12.4. The van der Waals surface area contributed by atoms with Crippen molar-refractivity contribution in [2.45, 2.75) is 26.9 Å². The van der Waals surface area contributed by atoms with Crippen LogP contribution >= 0.6 is 11.3 Å². The number of rotatable bonds is 8. The zero-order chi connectivity index (χ0) is 21.7. The molecule has 0 radical (unpaired) electrons. The number of anilines is 2. The molecule has 0 spiro atoms. The molecule has 0 aliphatic carbocycles. The van der Waals surface area contributed by atoms with Crippen LogP contribution < -0.4 is 20.1 Å². The Kier molecular flexibility index (Phi) is 6.68. The van der Waals surface area contributed by atoms with Gasteiger partial charge < -0.3 is 15.2 Å². The van der Waals surface area contributed by atoms with Gasteiger partial charge in [-0.3, -0.25) is 14.5 Å². The molecule has 0 saturated carbocycles. The summed E-state index contributed by atoms with van der Waals surface area (Å²) in [6, 6.07) is 12.6. The molecule has 0 bridgehead atoms. The van der Waals surface area contributed by atoms with E-state index in [4.69, 9.17) is 15.2 Å². The fourth-order valence-electron chi connectivity index (χ4n) is 3.00. The Morgan fingerprint density at radius 3 is 2.63 bits per heavy atom. The van der Waals surface area contributed by atoms with Gasteiger partial charge in [-0.05, 0) is 30.2 Å². The van der Waals surface area contributed by atoms with Gasteiger partial charge in [0.05, 0.1) is 24.1 Å². The van der Waals surface area contributed by atoms with Crippen molar-refractivity contribution in [1.82, 2.24) is 4.98 Å². The normalized spacial score (nSPS) is 10.5. The number of primary amides is 1. The summed E-state index contributed by atoms with van der Waals surface area (Å²) in [6.45, 7) is 3.67. The van der Waals surface area contributed by atoms with E-state index < -0.39 is 5.91 Å². The average molecular weight is 426 g/mol. The van der Waals surface area contributed by atoms with E-state index in [0.29, 0.717) is 22.3 Å². The molecule has 7 nitrogen and oxygen atoms in total. The minimum Gasteiger partial charge on any atom is -0.497 e. The average Bonchev–Trinajstić information content (AvgIpc) is 3.20. The molecule has 3 aromatic rings. The van der Waals surface area contributed by atoms with Crippen molar-refractivity contribution in [1.29, 1.82) is 0 Å². The first-order chi connectivity index (χ1) is 14.4. The quantitative estimate of drug-likeness (QED) is 0.587. The summed E-state index contributed by atoms with van der Waals surface area (Å²) in [4.78, 5) is 30.2. The molecule has 2 N–H and O–H groups in total. The van der Waals surface area contributed by atoms with Crippen LogP contribution in [-0.2, 0) is 17.8 Å². The predicted molar refractivity (Wildman–Crippen MR) is 117 cm³/mol. The van der Waals surface area contributed by atoms with E-state index in [1.165, 1.54) is 25.4 Å². The number of aromatic nitrogens is 1. The van der Waals surface area contributed by atoms with Crippen molar-refractivity contribution < 1.29 is 19.1 Å². The number of amides is 2. The third kappa shape index (κ3) is 4.60. The van der Waals surface area contributed by atoms with Crippen molar-refractivity contribution in [3.8, 4) is 11.5 Å². The molecule has 2 aromatic carbocycles. The first kappa shape index (κ1) is 21.3. The van der Waals surface area contributed by atoms with Crippen LogP contribution in [0.15, 0.2) is 47.8 Å². The molecule has 30 heavy (non-hydrogen) atoms. The molecule has 0 unspecified atom stereocenters. The number of methoxy groups -OCH3 is 1. The number of para-hydroxylation sites is 1. The summed E-state index contributed by atoms with van der Waals surface area (Å²) in [5, 5.41) is 2.38. The number of hydrogen-bond acceptors (Lipinski definition) is 6. The lowest BCUT2D eigenvalue weighted by atomic mass is 10.1. The Hall–Kier alpha value is -3.39. The highest BCUT2D eigenvalue weighted by molar-refractivity contribution is 7.14. The standard InChI is InChI=1S/C22H23N3O4S/c1-4-15-7-5-6-8-19(15)25(14(2)26)22-24-16(13-30-22)12-29-20-11-17(28-3)9-10-18(20)21(23)27/h5-11,13H,4,12H2,1-3H3,(H2,23,27). The van der Waals surface area contributed by atoms with Crippen LogP contribution in [0.1, 0.15) is 35.5 Å². The van der Waals surface area contributed by atoms with Crippen molar-refractivity contribution in [2.24, 2.45) is 5.73 Å². The van der Waals surface area contributed by atoms with E-state index in [1.54, 1.807) is 23.1 Å². The van der Waals surface area contributed by atoms with Gasteiger partial charge in [-0.15, -0.1) is 11.3 Å². The lowest BCUT2D eigenvalue weighted by Gasteiger charge is -2.21. The summed E-state index contributed by atoms with van der Waals surface area (Å²) in [5.41, 5.74) is 8.19. The van der Waals surface area contributed by atoms with Crippen molar-refractivity contribution >= 4 is 34.0 Å². The monoisotopic (exact) mass is 425 g/mol. The number of carbonyl (C=O) groups is 2. The van der Waals surface area contributed by atoms with Gasteiger partial charge >= 0.3 is 0 Å². The number of aryl methyl sites for hydroxylation is 1. The third-order valence-corrected chi connectivity index (χ3v) is 5.36. The molecule has 0 saturated heterocycles. The number of nitrogens with zero attached hydrogens (tertiary/aromatic N) is 2. The van der Waals surface area contributed by atoms with Gasteiger partial charge in [0.2, 0.25) is 5.91 Å². The minimum absolute atomic E-state index is 0.116. The lowest BCUT2D eigenvalue weighted by Crippen LogP contribution is -2.23. The number of hydrogen-bond donors (Lipinski definition) is 1. The highest BCUT2D eigenvalue weighted by Crippen LogP contribution is 2.32. The first-order valence-electron chi connectivity index (χ1n) is 9.38. The van der Waals surface area contributed by atoms with Gasteiger partial charge in [0.15, 0.2) is 5.13 Å². The molecule has 1 heterocycles. The van der Waals surface area contributed by atoms with Gasteiger partial charge in [0, 0.05) is 18.4 Å². The van der Waals surface area contributed by atoms with Crippen LogP contribution in [0.5, 0.6) is 11.5 Å². The zero-order valence-corrected chi connectivity index (χ0v) is 17.9. The van der Waals surface area contributed by atoms with E-state index in [2.05, 4.69) is 4.98 Å². The number of benzene rings is 2. The Labute approximate surface area is 179 Å². The van der Waals surface area contributed by atoms with E-state index >= 15 is 0 Å².